The molecule has 6 heteroatoms. The fourth-order valence-electron chi connectivity index (χ4n) is 1.53. The highest BCUT2D eigenvalue weighted by atomic mass is 16.5. The highest BCUT2D eigenvalue weighted by Gasteiger charge is 2.11. The van der Waals surface area contributed by atoms with E-state index in [-0.39, 0.29) is 12.1 Å². The molecule has 98 valence electrons. The number of rotatable bonds is 6. The van der Waals surface area contributed by atoms with Crippen LogP contribution in [0.25, 0.3) is 0 Å². The van der Waals surface area contributed by atoms with Crippen molar-refractivity contribution in [1.29, 1.82) is 0 Å². The Hall–Kier alpha value is -2.11. The molecule has 1 N–H and O–H groups in total. The summed E-state index contributed by atoms with van der Waals surface area (Å²) in [6.45, 7) is 2.95. The third-order valence-electron chi connectivity index (χ3n) is 2.48. The number of hydrogen-bond acceptors (Lipinski definition) is 5. The maximum absolute atomic E-state index is 11.3. The van der Waals surface area contributed by atoms with Crippen molar-refractivity contribution in [2.45, 2.75) is 13.3 Å². The average molecular weight is 252 g/mol. The number of nitrogens with zero attached hydrogens (tertiary/aromatic N) is 2. The van der Waals surface area contributed by atoms with E-state index in [0.29, 0.717) is 13.1 Å². The van der Waals surface area contributed by atoms with E-state index < -0.39 is 11.9 Å². The van der Waals surface area contributed by atoms with Gasteiger partial charge in [-0.1, -0.05) is 0 Å². The van der Waals surface area contributed by atoms with Crippen LogP contribution >= 0.6 is 0 Å². The van der Waals surface area contributed by atoms with Crippen LogP contribution in [0.2, 0.25) is 0 Å². The van der Waals surface area contributed by atoms with Crippen molar-refractivity contribution < 1.29 is 19.4 Å². The molecule has 6 nitrogen and oxygen atoms in total. The molecule has 0 atom stereocenters. The third-order valence-corrected chi connectivity index (χ3v) is 2.48. The van der Waals surface area contributed by atoms with Gasteiger partial charge in [-0.2, -0.15) is 0 Å². The van der Waals surface area contributed by atoms with E-state index in [1.165, 1.54) is 13.3 Å². The van der Waals surface area contributed by atoms with Crippen LogP contribution in [0.5, 0.6) is 0 Å². The molecule has 0 bridgehead atoms. The summed E-state index contributed by atoms with van der Waals surface area (Å²) in [4.78, 5) is 27.7. The molecule has 0 aliphatic rings. The highest BCUT2D eigenvalue weighted by Crippen LogP contribution is 2.15. The number of carboxylic acids is 1. The topological polar surface area (TPSA) is 79.7 Å². The quantitative estimate of drug-likeness (QED) is 0.765. The average Bonchev–Trinajstić information content (AvgIpc) is 2.38. The van der Waals surface area contributed by atoms with Crippen molar-refractivity contribution in [3.63, 3.8) is 0 Å². The fourth-order valence-corrected chi connectivity index (χ4v) is 1.53. The fraction of sp³-hybridized carbons (Fsp3) is 0.417. The van der Waals surface area contributed by atoms with Crippen LogP contribution in [-0.4, -0.2) is 42.2 Å². The monoisotopic (exact) mass is 252 g/mol. The van der Waals surface area contributed by atoms with Crippen LogP contribution in [0.1, 0.15) is 23.8 Å². The number of pyridine rings is 1. The van der Waals surface area contributed by atoms with E-state index in [1.54, 1.807) is 12.1 Å². The number of esters is 1. The number of aromatic nitrogens is 1. The number of carboxylic acid groups (broad SMARTS) is 1. The Bertz CT molecular complexity index is 434. The van der Waals surface area contributed by atoms with Gasteiger partial charge in [0.1, 0.15) is 5.69 Å². The molecule has 0 aliphatic carbocycles. The molecule has 1 aromatic heterocycles. The van der Waals surface area contributed by atoms with Crippen LogP contribution in [0.4, 0.5) is 5.69 Å². The van der Waals surface area contributed by atoms with Crippen LogP contribution in [0.15, 0.2) is 18.3 Å². The van der Waals surface area contributed by atoms with Gasteiger partial charge in [0.05, 0.1) is 13.5 Å². The van der Waals surface area contributed by atoms with Gasteiger partial charge in [-0.15, -0.1) is 0 Å². The lowest BCUT2D eigenvalue weighted by molar-refractivity contribution is -0.136. The summed E-state index contributed by atoms with van der Waals surface area (Å²) in [5.74, 6) is -1.36. The summed E-state index contributed by atoms with van der Waals surface area (Å²) in [6, 6.07) is 3.33. The van der Waals surface area contributed by atoms with Gasteiger partial charge in [0.25, 0.3) is 0 Å². The number of ether oxygens (including phenoxy) is 1. The Kier molecular flexibility index (Phi) is 5.10. The second-order valence-electron chi connectivity index (χ2n) is 3.61. The molecule has 0 aliphatic heterocycles. The van der Waals surface area contributed by atoms with Crippen LogP contribution in [0, 0.1) is 0 Å². The van der Waals surface area contributed by atoms with E-state index >= 15 is 0 Å². The molecule has 18 heavy (non-hydrogen) atoms. The molecular formula is C12H16N2O4. The van der Waals surface area contributed by atoms with Gasteiger partial charge >= 0.3 is 11.9 Å². The van der Waals surface area contributed by atoms with Crippen LogP contribution in [-0.2, 0) is 9.53 Å². The number of methoxy groups -OCH3 is 1. The number of aliphatic carboxylic acids is 1. The lowest BCUT2D eigenvalue weighted by atomic mass is 10.2. The number of carbonyl (C=O) groups is 2. The molecule has 0 unspecified atom stereocenters. The van der Waals surface area contributed by atoms with E-state index in [1.807, 2.05) is 11.8 Å². The summed E-state index contributed by atoms with van der Waals surface area (Å²) in [7, 11) is 1.29. The van der Waals surface area contributed by atoms with E-state index in [9.17, 15) is 9.59 Å². The summed E-state index contributed by atoms with van der Waals surface area (Å²) < 4.78 is 4.59. The molecule has 0 spiro atoms. The molecule has 1 aromatic rings. The van der Waals surface area contributed by atoms with Gasteiger partial charge < -0.3 is 14.7 Å². The Morgan fingerprint density at radius 1 is 1.50 bits per heavy atom. The van der Waals surface area contributed by atoms with E-state index in [2.05, 4.69) is 9.72 Å². The minimum Gasteiger partial charge on any atom is -0.481 e. The first-order chi connectivity index (χ1) is 8.58. The summed E-state index contributed by atoms with van der Waals surface area (Å²) in [5.41, 5.74) is 0.970. The zero-order valence-electron chi connectivity index (χ0n) is 10.4. The minimum absolute atomic E-state index is 0.0454. The third kappa shape index (κ3) is 3.73. The molecule has 0 aromatic carbocycles. The number of carbonyl (C=O) groups excluding carboxylic acids is 1. The van der Waals surface area contributed by atoms with E-state index in [0.717, 1.165) is 5.69 Å². The molecule has 0 amide bonds. The zero-order valence-corrected chi connectivity index (χ0v) is 10.4. The van der Waals surface area contributed by atoms with Crippen molar-refractivity contribution >= 4 is 17.6 Å². The first-order valence-corrected chi connectivity index (χ1v) is 5.59. The summed E-state index contributed by atoms with van der Waals surface area (Å²) >= 11 is 0. The lowest BCUT2D eigenvalue weighted by Crippen LogP contribution is -2.26. The second kappa shape index (κ2) is 6.58. The van der Waals surface area contributed by atoms with Crippen molar-refractivity contribution in [2.75, 3.05) is 25.1 Å². The normalized spacial score (nSPS) is 9.89. The smallest absolute Gasteiger partial charge is 0.356 e. The summed E-state index contributed by atoms with van der Waals surface area (Å²) in [6.07, 6.45) is 1.55. The number of hydrogen-bond donors (Lipinski definition) is 1. The molecule has 0 saturated heterocycles. The van der Waals surface area contributed by atoms with Gasteiger partial charge in [0, 0.05) is 25.0 Å². The van der Waals surface area contributed by atoms with Gasteiger partial charge in [-0.25, -0.2) is 9.78 Å². The molecule has 1 heterocycles. The molecule has 0 saturated carbocycles. The van der Waals surface area contributed by atoms with Gasteiger partial charge in [0.2, 0.25) is 0 Å². The Morgan fingerprint density at radius 3 is 2.78 bits per heavy atom. The maximum Gasteiger partial charge on any atom is 0.356 e. The van der Waals surface area contributed by atoms with Crippen LogP contribution in [0.3, 0.4) is 0 Å². The largest absolute Gasteiger partial charge is 0.481 e. The van der Waals surface area contributed by atoms with Gasteiger partial charge in [-0.3, -0.25) is 4.79 Å². The van der Waals surface area contributed by atoms with Crippen LogP contribution < -0.4 is 4.90 Å². The molecule has 0 fully saturated rings. The minimum atomic E-state index is -0.851. The second-order valence-corrected chi connectivity index (χ2v) is 3.61. The first-order valence-electron chi connectivity index (χ1n) is 5.59. The first kappa shape index (κ1) is 14.0. The highest BCUT2D eigenvalue weighted by molar-refractivity contribution is 5.88. The molecular weight excluding hydrogens is 236 g/mol. The van der Waals surface area contributed by atoms with Crippen molar-refractivity contribution in [3.05, 3.63) is 24.0 Å². The maximum atomic E-state index is 11.3. The molecule has 1 rings (SSSR count). The zero-order chi connectivity index (χ0) is 13.5. The Labute approximate surface area is 105 Å². The van der Waals surface area contributed by atoms with Gasteiger partial charge in [0.15, 0.2) is 0 Å². The standard InChI is InChI=1S/C12H16N2O4/c1-3-14(7-5-11(15)16)9-4-6-13-10(8-9)12(17)18-2/h4,6,8H,3,5,7H2,1-2H3,(H,15,16). The predicted octanol–water partition coefficient (Wildman–Crippen LogP) is 1.17. The predicted molar refractivity (Wildman–Crippen MR) is 65.7 cm³/mol. The van der Waals surface area contributed by atoms with E-state index in [4.69, 9.17) is 5.11 Å². The molecule has 0 radical (unpaired) electrons. The lowest BCUT2D eigenvalue weighted by Gasteiger charge is -2.22. The van der Waals surface area contributed by atoms with Gasteiger partial charge in [-0.05, 0) is 19.1 Å². The van der Waals surface area contributed by atoms with Crippen molar-refractivity contribution in [1.82, 2.24) is 4.98 Å². The Balaban J connectivity index is 2.85. The number of anilines is 1. The van der Waals surface area contributed by atoms with Crippen molar-refractivity contribution in [2.24, 2.45) is 0 Å². The SMILES string of the molecule is CCN(CCC(=O)O)c1ccnc(C(=O)OC)c1. The summed E-state index contributed by atoms with van der Waals surface area (Å²) in [5, 5.41) is 8.67. The van der Waals surface area contributed by atoms with Crippen molar-refractivity contribution in [3.8, 4) is 0 Å². The Morgan fingerprint density at radius 2 is 2.22 bits per heavy atom.